The van der Waals surface area contributed by atoms with Crippen LogP contribution < -0.4 is 0 Å². The Hall–Kier alpha value is 0.250. The van der Waals surface area contributed by atoms with Crippen molar-refractivity contribution in [2.75, 3.05) is 12.5 Å². The molecule has 1 aliphatic heterocycles. The third-order valence-corrected chi connectivity index (χ3v) is 5.02. The summed E-state index contributed by atoms with van der Waals surface area (Å²) in [7, 11) is 0. The van der Waals surface area contributed by atoms with Gasteiger partial charge in [0.2, 0.25) is 0 Å². The van der Waals surface area contributed by atoms with E-state index in [1.807, 2.05) is 0 Å². The standard InChI is InChI=1S/C14H25ClO/c15-12-14(8-2-1-3-9-14)10-4-6-13-7-5-11-16-13/h13H,1-12H2. The molecule has 2 rings (SSSR count). The van der Waals surface area contributed by atoms with Crippen LogP contribution in [0.4, 0.5) is 0 Å². The highest BCUT2D eigenvalue weighted by molar-refractivity contribution is 6.18. The summed E-state index contributed by atoms with van der Waals surface area (Å²) in [6, 6.07) is 0. The lowest BCUT2D eigenvalue weighted by Gasteiger charge is -2.36. The first kappa shape index (κ1) is 12.7. The molecule has 2 fully saturated rings. The SMILES string of the molecule is ClCC1(CCCC2CCCO2)CCCCC1. The molecule has 0 aromatic heterocycles. The molecule has 2 heteroatoms. The second-order valence-electron chi connectivity index (χ2n) is 5.72. The van der Waals surface area contributed by atoms with E-state index in [2.05, 4.69) is 0 Å². The zero-order valence-corrected chi connectivity index (χ0v) is 11.1. The lowest BCUT2D eigenvalue weighted by molar-refractivity contribution is 0.0953. The van der Waals surface area contributed by atoms with Gasteiger partial charge in [0, 0.05) is 12.5 Å². The summed E-state index contributed by atoms with van der Waals surface area (Å²) in [4.78, 5) is 0. The number of hydrogen-bond acceptors (Lipinski definition) is 1. The lowest BCUT2D eigenvalue weighted by atomic mass is 9.72. The van der Waals surface area contributed by atoms with Gasteiger partial charge in [0.15, 0.2) is 0 Å². The molecule has 0 bridgehead atoms. The Morgan fingerprint density at radius 1 is 1.12 bits per heavy atom. The van der Waals surface area contributed by atoms with Crippen molar-refractivity contribution in [2.24, 2.45) is 5.41 Å². The molecule has 1 unspecified atom stereocenters. The minimum absolute atomic E-state index is 0.485. The Morgan fingerprint density at radius 3 is 2.56 bits per heavy atom. The second kappa shape index (κ2) is 6.26. The molecular weight excluding hydrogens is 220 g/mol. The van der Waals surface area contributed by atoms with Crippen molar-refractivity contribution in [3.05, 3.63) is 0 Å². The quantitative estimate of drug-likeness (QED) is 0.646. The van der Waals surface area contributed by atoms with Gasteiger partial charge >= 0.3 is 0 Å². The van der Waals surface area contributed by atoms with Gasteiger partial charge in [-0.15, -0.1) is 11.6 Å². The van der Waals surface area contributed by atoms with Gasteiger partial charge in [-0.05, 0) is 43.9 Å². The van der Waals surface area contributed by atoms with Crippen molar-refractivity contribution in [3.8, 4) is 0 Å². The molecule has 1 saturated heterocycles. The fourth-order valence-corrected chi connectivity index (χ4v) is 3.73. The minimum atomic E-state index is 0.485. The Morgan fingerprint density at radius 2 is 1.94 bits per heavy atom. The minimum Gasteiger partial charge on any atom is -0.378 e. The van der Waals surface area contributed by atoms with Crippen molar-refractivity contribution >= 4 is 11.6 Å². The van der Waals surface area contributed by atoms with Gasteiger partial charge in [-0.25, -0.2) is 0 Å². The normalized spacial score (nSPS) is 29.4. The highest BCUT2D eigenvalue weighted by Crippen LogP contribution is 2.41. The third-order valence-electron chi connectivity index (χ3n) is 4.45. The average Bonchev–Trinajstić information content (AvgIpc) is 2.83. The van der Waals surface area contributed by atoms with Crippen LogP contribution >= 0.6 is 11.6 Å². The number of alkyl halides is 1. The Balaban J connectivity index is 1.69. The molecule has 0 N–H and O–H groups in total. The summed E-state index contributed by atoms with van der Waals surface area (Å²) < 4.78 is 5.68. The zero-order chi connectivity index (χ0) is 11.3. The maximum Gasteiger partial charge on any atom is 0.0576 e. The Bertz CT molecular complexity index is 193. The van der Waals surface area contributed by atoms with Gasteiger partial charge in [-0.1, -0.05) is 25.7 Å². The molecule has 1 aliphatic carbocycles. The van der Waals surface area contributed by atoms with E-state index in [9.17, 15) is 0 Å². The van der Waals surface area contributed by atoms with Crippen molar-refractivity contribution in [3.63, 3.8) is 0 Å². The van der Waals surface area contributed by atoms with Crippen LogP contribution in [0, 0.1) is 5.41 Å². The van der Waals surface area contributed by atoms with Crippen molar-refractivity contribution in [1.82, 2.24) is 0 Å². The van der Waals surface area contributed by atoms with Crippen LogP contribution in [0.5, 0.6) is 0 Å². The molecular formula is C14H25ClO. The molecule has 1 nitrogen and oxygen atoms in total. The first-order valence-corrected chi connectivity index (χ1v) is 7.56. The van der Waals surface area contributed by atoms with Crippen molar-refractivity contribution < 1.29 is 4.74 Å². The largest absolute Gasteiger partial charge is 0.378 e. The lowest BCUT2D eigenvalue weighted by Crippen LogP contribution is -2.26. The summed E-state index contributed by atoms with van der Waals surface area (Å²) in [5.41, 5.74) is 0.485. The molecule has 16 heavy (non-hydrogen) atoms. The third kappa shape index (κ3) is 3.37. The number of rotatable bonds is 5. The molecule has 0 radical (unpaired) electrons. The fraction of sp³-hybridized carbons (Fsp3) is 1.00. The monoisotopic (exact) mass is 244 g/mol. The van der Waals surface area contributed by atoms with E-state index in [4.69, 9.17) is 16.3 Å². The van der Waals surface area contributed by atoms with Crippen LogP contribution in [0.25, 0.3) is 0 Å². The van der Waals surface area contributed by atoms with E-state index < -0.39 is 0 Å². The van der Waals surface area contributed by atoms with Crippen LogP contribution in [0.15, 0.2) is 0 Å². The van der Waals surface area contributed by atoms with E-state index >= 15 is 0 Å². The Labute approximate surface area is 105 Å². The molecule has 0 aromatic carbocycles. The first-order chi connectivity index (χ1) is 7.85. The van der Waals surface area contributed by atoms with E-state index in [0.29, 0.717) is 11.5 Å². The molecule has 1 heterocycles. The van der Waals surface area contributed by atoms with Gasteiger partial charge < -0.3 is 4.74 Å². The molecule has 0 spiro atoms. The van der Waals surface area contributed by atoms with Gasteiger partial charge in [-0.2, -0.15) is 0 Å². The maximum absolute atomic E-state index is 6.20. The maximum atomic E-state index is 6.20. The van der Waals surface area contributed by atoms with E-state index in [1.54, 1.807) is 0 Å². The van der Waals surface area contributed by atoms with Crippen molar-refractivity contribution in [1.29, 1.82) is 0 Å². The first-order valence-electron chi connectivity index (χ1n) is 7.02. The smallest absolute Gasteiger partial charge is 0.0576 e. The van der Waals surface area contributed by atoms with E-state index in [-0.39, 0.29) is 0 Å². The van der Waals surface area contributed by atoms with Crippen LogP contribution in [0.3, 0.4) is 0 Å². The van der Waals surface area contributed by atoms with Crippen LogP contribution in [-0.4, -0.2) is 18.6 Å². The fourth-order valence-electron chi connectivity index (χ4n) is 3.33. The topological polar surface area (TPSA) is 9.23 Å². The zero-order valence-electron chi connectivity index (χ0n) is 10.3. The van der Waals surface area contributed by atoms with Crippen LogP contribution in [0.2, 0.25) is 0 Å². The summed E-state index contributed by atoms with van der Waals surface area (Å²) in [6.07, 6.45) is 14.0. The molecule has 1 saturated carbocycles. The van der Waals surface area contributed by atoms with Crippen LogP contribution in [-0.2, 0) is 4.74 Å². The average molecular weight is 245 g/mol. The summed E-state index contributed by atoms with van der Waals surface area (Å²) in [5.74, 6) is 0.874. The van der Waals surface area contributed by atoms with Gasteiger partial charge in [0.25, 0.3) is 0 Å². The highest BCUT2D eigenvalue weighted by Gasteiger charge is 2.30. The number of ether oxygens (including phenoxy) is 1. The van der Waals surface area contributed by atoms with E-state index in [0.717, 1.165) is 12.5 Å². The number of halogens is 1. The second-order valence-corrected chi connectivity index (χ2v) is 5.99. The molecule has 2 aliphatic rings. The summed E-state index contributed by atoms with van der Waals surface area (Å²) in [6.45, 7) is 0.991. The predicted molar refractivity (Wildman–Crippen MR) is 69.1 cm³/mol. The highest BCUT2D eigenvalue weighted by atomic mass is 35.5. The summed E-state index contributed by atoms with van der Waals surface area (Å²) >= 11 is 6.20. The van der Waals surface area contributed by atoms with Gasteiger partial charge in [0.1, 0.15) is 0 Å². The van der Waals surface area contributed by atoms with E-state index in [1.165, 1.54) is 64.2 Å². The van der Waals surface area contributed by atoms with Crippen molar-refractivity contribution in [2.45, 2.75) is 70.3 Å². The van der Waals surface area contributed by atoms with Gasteiger partial charge in [0.05, 0.1) is 6.10 Å². The predicted octanol–water partition coefficient (Wildman–Crippen LogP) is 4.53. The summed E-state index contributed by atoms with van der Waals surface area (Å²) in [5, 5.41) is 0. The molecule has 0 aromatic rings. The molecule has 0 amide bonds. The van der Waals surface area contributed by atoms with Crippen LogP contribution in [0.1, 0.15) is 64.2 Å². The number of hydrogen-bond donors (Lipinski definition) is 0. The molecule has 1 atom stereocenters. The Kier molecular flexibility index (Phi) is 4.97. The molecule has 94 valence electrons. The van der Waals surface area contributed by atoms with Gasteiger partial charge in [-0.3, -0.25) is 0 Å².